The molecule has 1 amide bonds. The molecule has 3 heterocycles. The Labute approximate surface area is 124 Å². The first kappa shape index (κ1) is 13.5. The van der Waals surface area contributed by atoms with Crippen LogP contribution in [0.25, 0.3) is 10.2 Å². The van der Waals surface area contributed by atoms with Gasteiger partial charge in [0.05, 0.1) is 5.69 Å². The number of carbonyl (C=O) groups excluding carboxylic acids is 1. The van der Waals surface area contributed by atoms with Crippen LogP contribution in [0.1, 0.15) is 21.2 Å². The van der Waals surface area contributed by atoms with Crippen molar-refractivity contribution in [3.8, 4) is 0 Å². The van der Waals surface area contributed by atoms with Crippen LogP contribution in [0.4, 0.5) is 5.69 Å². The summed E-state index contributed by atoms with van der Waals surface area (Å²) in [5.41, 5.74) is 7.39. The maximum Gasteiger partial charge on any atom is 0.263 e. The van der Waals surface area contributed by atoms with E-state index in [2.05, 4.69) is 25.0 Å². The molecule has 0 atom stereocenters. The summed E-state index contributed by atoms with van der Waals surface area (Å²) in [6.45, 7) is 2.32. The maximum absolute atomic E-state index is 12.2. The molecule has 0 saturated heterocycles. The number of hydrogen-bond acceptors (Lipinski definition) is 7. The highest BCUT2D eigenvalue weighted by atomic mass is 32.1. The molecule has 0 unspecified atom stereocenters. The van der Waals surface area contributed by atoms with Gasteiger partial charge in [-0.25, -0.2) is 4.98 Å². The zero-order valence-electron chi connectivity index (χ0n) is 11.3. The summed E-state index contributed by atoms with van der Waals surface area (Å²) < 4.78 is 4.63. The minimum absolute atomic E-state index is 0.211. The molecule has 0 saturated carbocycles. The molecule has 21 heavy (non-hydrogen) atoms. The number of rotatable bonds is 4. The predicted molar refractivity (Wildman–Crippen MR) is 79.1 cm³/mol. The summed E-state index contributed by atoms with van der Waals surface area (Å²) in [6.07, 6.45) is 1.76. The minimum atomic E-state index is -0.211. The molecule has 108 valence electrons. The number of aryl methyl sites for hydroxylation is 1. The van der Waals surface area contributed by atoms with Crippen LogP contribution >= 0.6 is 11.3 Å². The van der Waals surface area contributed by atoms with Crippen LogP contribution in [0.5, 0.6) is 0 Å². The lowest BCUT2D eigenvalue weighted by atomic mass is 10.2. The number of nitrogens with one attached hydrogen (secondary N) is 1. The average molecular weight is 303 g/mol. The lowest BCUT2D eigenvalue weighted by Gasteiger charge is -2.02. The van der Waals surface area contributed by atoms with E-state index in [0.29, 0.717) is 29.4 Å². The second-order valence-electron chi connectivity index (χ2n) is 4.50. The van der Waals surface area contributed by atoms with Crippen molar-refractivity contribution in [3.63, 3.8) is 0 Å². The maximum atomic E-state index is 12.2. The first-order chi connectivity index (χ1) is 10.1. The summed E-state index contributed by atoms with van der Waals surface area (Å²) in [5.74, 6) is 0.341. The van der Waals surface area contributed by atoms with E-state index < -0.39 is 0 Å². The van der Waals surface area contributed by atoms with Gasteiger partial charge in [-0.05, 0) is 19.1 Å². The van der Waals surface area contributed by atoms with E-state index in [-0.39, 0.29) is 5.91 Å². The van der Waals surface area contributed by atoms with E-state index in [0.717, 1.165) is 15.9 Å². The van der Waals surface area contributed by atoms with Crippen molar-refractivity contribution in [1.82, 2.24) is 20.4 Å². The van der Waals surface area contributed by atoms with Crippen LogP contribution in [0.15, 0.2) is 23.0 Å². The van der Waals surface area contributed by atoms with Gasteiger partial charge in [-0.1, -0.05) is 5.16 Å². The molecule has 0 aliphatic carbocycles. The molecule has 0 radical (unpaired) electrons. The molecule has 0 bridgehead atoms. The van der Waals surface area contributed by atoms with Crippen LogP contribution in [-0.4, -0.2) is 27.6 Å². The quantitative estimate of drug-likeness (QED) is 0.757. The Kier molecular flexibility index (Phi) is 3.53. The number of anilines is 1. The van der Waals surface area contributed by atoms with E-state index in [9.17, 15) is 4.79 Å². The van der Waals surface area contributed by atoms with Crippen molar-refractivity contribution in [1.29, 1.82) is 0 Å². The van der Waals surface area contributed by atoms with E-state index >= 15 is 0 Å². The van der Waals surface area contributed by atoms with Crippen LogP contribution in [0.3, 0.4) is 0 Å². The van der Waals surface area contributed by atoms with Crippen molar-refractivity contribution < 1.29 is 9.32 Å². The Morgan fingerprint density at radius 1 is 1.48 bits per heavy atom. The first-order valence-corrected chi connectivity index (χ1v) is 7.16. The molecular weight excluding hydrogens is 290 g/mol. The zero-order chi connectivity index (χ0) is 14.8. The van der Waals surface area contributed by atoms with Gasteiger partial charge in [-0.15, -0.1) is 11.3 Å². The monoisotopic (exact) mass is 303 g/mol. The molecule has 3 aromatic rings. The normalized spacial score (nSPS) is 10.9. The highest BCUT2D eigenvalue weighted by molar-refractivity contribution is 7.21. The Hall–Kier alpha value is -2.48. The smallest absolute Gasteiger partial charge is 0.263 e. The van der Waals surface area contributed by atoms with E-state index in [1.54, 1.807) is 0 Å². The molecule has 7 nitrogen and oxygen atoms in total. The number of aromatic nitrogens is 3. The highest BCUT2D eigenvalue weighted by Crippen LogP contribution is 2.32. The van der Waals surface area contributed by atoms with Gasteiger partial charge in [0.25, 0.3) is 5.91 Å². The Morgan fingerprint density at radius 2 is 2.33 bits per heavy atom. The second kappa shape index (κ2) is 5.49. The fourth-order valence-corrected chi connectivity index (χ4v) is 2.98. The number of carbonyl (C=O) groups is 1. The van der Waals surface area contributed by atoms with Gasteiger partial charge >= 0.3 is 0 Å². The number of nitrogens with two attached hydrogens (primary N) is 1. The fourth-order valence-electron chi connectivity index (χ4n) is 1.93. The molecule has 0 aliphatic heterocycles. The van der Waals surface area contributed by atoms with Crippen molar-refractivity contribution in [2.75, 3.05) is 12.3 Å². The molecule has 0 fully saturated rings. The third-order valence-electron chi connectivity index (χ3n) is 2.98. The number of pyridine rings is 1. The van der Waals surface area contributed by atoms with Crippen molar-refractivity contribution in [2.45, 2.75) is 13.3 Å². The lowest BCUT2D eigenvalue weighted by Crippen LogP contribution is -2.25. The number of fused-ring (bicyclic) bond motifs is 1. The van der Waals surface area contributed by atoms with Crippen molar-refractivity contribution >= 4 is 33.1 Å². The molecule has 0 aromatic carbocycles. The highest BCUT2D eigenvalue weighted by Gasteiger charge is 2.17. The topological polar surface area (TPSA) is 107 Å². The van der Waals surface area contributed by atoms with Gasteiger partial charge < -0.3 is 15.6 Å². The molecule has 8 heteroatoms. The average Bonchev–Trinajstić information content (AvgIpc) is 3.07. The summed E-state index contributed by atoms with van der Waals surface area (Å²) >= 11 is 1.30. The summed E-state index contributed by atoms with van der Waals surface area (Å²) in [4.78, 5) is 21.7. The third kappa shape index (κ3) is 2.70. The van der Waals surface area contributed by atoms with Gasteiger partial charge in [-0.2, -0.15) is 4.98 Å². The second-order valence-corrected chi connectivity index (χ2v) is 5.50. The number of hydrogen-bond donors (Lipinski definition) is 2. The van der Waals surface area contributed by atoms with Crippen molar-refractivity contribution in [3.05, 3.63) is 34.9 Å². The number of amides is 1. The third-order valence-corrected chi connectivity index (χ3v) is 4.09. The minimum Gasteiger partial charge on any atom is -0.397 e. The molecule has 0 spiro atoms. The standard InChI is InChI=1S/C13H13N5O2S/c1-7-2-3-8-10(14)11(21-13(8)17-7)12(19)15-5-4-9-16-6-20-18-9/h2-3,6H,4-5,14H2,1H3,(H,15,19). The number of thiophene rings is 1. The molecule has 3 N–H and O–H groups in total. The van der Waals surface area contributed by atoms with E-state index in [4.69, 9.17) is 5.73 Å². The van der Waals surface area contributed by atoms with Crippen LogP contribution < -0.4 is 11.1 Å². The molecular formula is C13H13N5O2S. The van der Waals surface area contributed by atoms with Crippen LogP contribution in [0.2, 0.25) is 0 Å². The van der Waals surface area contributed by atoms with Crippen molar-refractivity contribution in [2.24, 2.45) is 0 Å². The van der Waals surface area contributed by atoms with Crippen LogP contribution in [-0.2, 0) is 6.42 Å². The van der Waals surface area contributed by atoms with Gasteiger partial charge in [0.2, 0.25) is 6.39 Å². The lowest BCUT2D eigenvalue weighted by molar-refractivity contribution is 0.0959. The molecule has 3 aromatic heterocycles. The fraction of sp³-hybridized carbons (Fsp3) is 0.231. The zero-order valence-corrected chi connectivity index (χ0v) is 12.1. The summed E-state index contributed by atoms with van der Waals surface area (Å²) in [5, 5.41) is 7.29. The SMILES string of the molecule is Cc1ccc2c(N)c(C(=O)NCCc3ncon3)sc2n1. The van der Waals surface area contributed by atoms with Gasteiger partial charge in [-0.3, -0.25) is 4.79 Å². The van der Waals surface area contributed by atoms with Gasteiger partial charge in [0, 0.05) is 24.0 Å². The Bertz CT molecular complexity index is 781. The predicted octanol–water partition coefficient (Wildman–Crippen LogP) is 1.54. The summed E-state index contributed by atoms with van der Waals surface area (Å²) in [6, 6.07) is 3.77. The van der Waals surface area contributed by atoms with Gasteiger partial charge in [0.1, 0.15) is 9.71 Å². The van der Waals surface area contributed by atoms with Gasteiger partial charge in [0.15, 0.2) is 5.82 Å². The molecule has 3 rings (SSSR count). The number of nitrogen functional groups attached to an aromatic ring is 1. The largest absolute Gasteiger partial charge is 0.397 e. The van der Waals surface area contributed by atoms with E-state index in [1.165, 1.54) is 17.7 Å². The van der Waals surface area contributed by atoms with E-state index in [1.807, 2.05) is 19.1 Å². The molecule has 0 aliphatic rings. The Morgan fingerprint density at radius 3 is 3.10 bits per heavy atom. The Balaban J connectivity index is 1.73. The summed E-state index contributed by atoms with van der Waals surface area (Å²) in [7, 11) is 0. The van der Waals surface area contributed by atoms with Crippen LogP contribution in [0, 0.1) is 6.92 Å². The first-order valence-electron chi connectivity index (χ1n) is 6.34. The number of nitrogens with zero attached hydrogens (tertiary/aromatic N) is 3.